The van der Waals surface area contributed by atoms with Crippen molar-refractivity contribution >= 4 is 35.0 Å². The molecule has 0 unspecified atom stereocenters. The first-order valence-corrected chi connectivity index (χ1v) is 3.49. The molecule has 0 amide bonds. The molecule has 0 aromatic rings. The molecule has 0 aromatic carbocycles. The van der Waals surface area contributed by atoms with Crippen molar-refractivity contribution in [2.75, 3.05) is 13.1 Å². The van der Waals surface area contributed by atoms with E-state index in [1.807, 2.05) is 0 Å². The monoisotopic (exact) mass is 233 g/mol. The SMILES string of the molecule is Cl.I[C@H]1CCNC1. The van der Waals surface area contributed by atoms with Crippen LogP contribution in [0.2, 0.25) is 0 Å². The van der Waals surface area contributed by atoms with Gasteiger partial charge in [0.15, 0.2) is 0 Å². The second-order valence-electron chi connectivity index (χ2n) is 1.59. The smallest absolute Gasteiger partial charge is 0.0246 e. The van der Waals surface area contributed by atoms with Crippen LogP contribution in [0, 0.1) is 0 Å². The van der Waals surface area contributed by atoms with Crippen molar-refractivity contribution in [1.29, 1.82) is 0 Å². The first-order valence-electron chi connectivity index (χ1n) is 2.24. The van der Waals surface area contributed by atoms with Gasteiger partial charge >= 0.3 is 0 Å². The number of halogens is 2. The van der Waals surface area contributed by atoms with Gasteiger partial charge in [-0.2, -0.15) is 0 Å². The lowest BCUT2D eigenvalue weighted by Gasteiger charge is -1.88. The van der Waals surface area contributed by atoms with E-state index in [1.54, 1.807) is 0 Å². The van der Waals surface area contributed by atoms with Crippen LogP contribution in [-0.2, 0) is 0 Å². The standard InChI is InChI=1S/C4H8IN.ClH/c5-4-1-2-6-3-4;/h4,6H,1-3H2;1H/t4-;/m0./s1. The summed E-state index contributed by atoms with van der Waals surface area (Å²) in [5.74, 6) is 0. The minimum absolute atomic E-state index is 0. The van der Waals surface area contributed by atoms with Gasteiger partial charge in [0, 0.05) is 10.5 Å². The first kappa shape index (κ1) is 7.98. The summed E-state index contributed by atoms with van der Waals surface area (Å²) in [5.41, 5.74) is 0. The summed E-state index contributed by atoms with van der Waals surface area (Å²) in [6.07, 6.45) is 1.36. The van der Waals surface area contributed by atoms with E-state index in [9.17, 15) is 0 Å². The van der Waals surface area contributed by atoms with E-state index in [1.165, 1.54) is 19.5 Å². The molecule has 0 saturated carbocycles. The molecule has 1 aliphatic heterocycles. The minimum atomic E-state index is 0. The van der Waals surface area contributed by atoms with Gasteiger partial charge in [0.05, 0.1) is 0 Å². The van der Waals surface area contributed by atoms with Crippen molar-refractivity contribution in [2.45, 2.75) is 10.3 Å². The lowest BCUT2D eigenvalue weighted by atomic mass is 10.4. The third kappa shape index (κ3) is 2.72. The molecule has 0 aromatic heterocycles. The number of rotatable bonds is 0. The van der Waals surface area contributed by atoms with Gasteiger partial charge in [-0.3, -0.25) is 0 Å². The first-order chi connectivity index (χ1) is 2.89. The molecule has 1 atom stereocenters. The normalized spacial score (nSPS) is 29.6. The molecule has 0 spiro atoms. The Morgan fingerprint density at radius 1 is 1.57 bits per heavy atom. The van der Waals surface area contributed by atoms with Crippen LogP contribution in [-0.4, -0.2) is 17.0 Å². The molecule has 0 bridgehead atoms. The average Bonchev–Trinajstić information content (AvgIpc) is 1.86. The Bertz CT molecular complexity index is 45.0. The van der Waals surface area contributed by atoms with Crippen LogP contribution in [0.4, 0.5) is 0 Å². The molecule has 44 valence electrons. The Kier molecular flexibility index (Phi) is 4.47. The van der Waals surface area contributed by atoms with Gasteiger partial charge in [0.2, 0.25) is 0 Å². The predicted octanol–water partition coefficient (Wildman–Crippen LogP) is 1.21. The third-order valence-corrected chi connectivity index (χ3v) is 2.06. The zero-order valence-electron chi connectivity index (χ0n) is 3.98. The maximum absolute atomic E-state index is 3.26. The van der Waals surface area contributed by atoms with Crippen LogP contribution in [0.1, 0.15) is 6.42 Å². The van der Waals surface area contributed by atoms with Crippen LogP contribution in [0.5, 0.6) is 0 Å². The Morgan fingerprint density at radius 2 is 2.29 bits per heavy atom. The minimum Gasteiger partial charge on any atom is -0.316 e. The fourth-order valence-electron chi connectivity index (χ4n) is 0.619. The largest absolute Gasteiger partial charge is 0.316 e. The van der Waals surface area contributed by atoms with Gasteiger partial charge in [-0.25, -0.2) is 0 Å². The Labute approximate surface area is 63.8 Å². The van der Waals surface area contributed by atoms with Gasteiger partial charge in [-0.1, -0.05) is 22.6 Å². The molecule has 3 heteroatoms. The summed E-state index contributed by atoms with van der Waals surface area (Å²) in [6, 6.07) is 0. The molecule has 1 nitrogen and oxygen atoms in total. The number of alkyl halides is 1. The van der Waals surface area contributed by atoms with Gasteiger partial charge < -0.3 is 5.32 Å². The summed E-state index contributed by atoms with van der Waals surface area (Å²) >= 11 is 2.47. The van der Waals surface area contributed by atoms with Crippen molar-refractivity contribution in [3.63, 3.8) is 0 Å². The molecule has 0 aliphatic carbocycles. The lowest BCUT2D eigenvalue weighted by Crippen LogP contribution is -2.07. The molecular formula is C4H9ClIN. The fourth-order valence-corrected chi connectivity index (χ4v) is 1.24. The zero-order chi connectivity index (χ0) is 4.41. The molecule has 1 fully saturated rings. The number of hydrogen-bond donors (Lipinski definition) is 1. The molecule has 1 N–H and O–H groups in total. The molecule has 1 heterocycles. The quantitative estimate of drug-likeness (QED) is 0.490. The van der Waals surface area contributed by atoms with E-state index in [0.29, 0.717) is 0 Å². The summed E-state index contributed by atoms with van der Waals surface area (Å²) in [7, 11) is 0. The van der Waals surface area contributed by atoms with E-state index in [0.717, 1.165) is 3.92 Å². The summed E-state index contributed by atoms with van der Waals surface area (Å²) < 4.78 is 0.905. The maximum atomic E-state index is 3.26. The number of hydrogen-bond acceptors (Lipinski definition) is 1. The van der Waals surface area contributed by atoms with Crippen LogP contribution >= 0.6 is 35.0 Å². The van der Waals surface area contributed by atoms with Crippen molar-refractivity contribution < 1.29 is 0 Å². The van der Waals surface area contributed by atoms with E-state index in [-0.39, 0.29) is 12.4 Å². The average molecular weight is 233 g/mol. The van der Waals surface area contributed by atoms with E-state index >= 15 is 0 Å². The van der Waals surface area contributed by atoms with E-state index < -0.39 is 0 Å². The van der Waals surface area contributed by atoms with Gasteiger partial charge in [0.1, 0.15) is 0 Å². The molecule has 0 radical (unpaired) electrons. The third-order valence-electron chi connectivity index (χ3n) is 1.00. The highest BCUT2D eigenvalue weighted by atomic mass is 127. The maximum Gasteiger partial charge on any atom is 0.0246 e. The Balaban J connectivity index is 0.000000360. The van der Waals surface area contributed by atoms with Crippen molar-refractivity contribution in [3.05, 3.63) is 0 Å². The van der Waals surface area contributed by atoms with Crippen LogP contribution in [0.15, 0.2) is 0 Å². The predicted molar refractivity (Wildman–Crippen MR) is 42.5 cm³/mol. The topological polar surface area (TPSA) is 12.0 Å². The molecule has 1 rings (SSSR count). The van der Waals surface area contributed by atoms with E-state index in [4.69, 9.17) is 0 Å². The van der Waals surface area contributed by atoms with Gasteiger partial charge in [-0.05, 0) is 13.0 Å². The highest BCUT2D eigenvalue weighted by Gasteiger charge is 2.07. The molecular weight excluding hydrogens is 224 g/mol. The second kappa shape index (κ2) is 3.92. The molecule has 1 aliphatic rings. The highest BCUT2D eigenvalue weighted by Crippen LogP contribution is 2.07. The fraction of sp³-hybridized carbons (Fsp3) is 1.00. The molecule has 7 heavy (non-hydrogen) atoms. The Morgan fingerprint density at radius 3 is 2.43 bits per heavy atom. The van der Waals surface area contributed by atoms with Gasteiger partial charge in [0.25, 0.3) is 0 Å². The van der Waals surface area contributed by atoms with Crippen LogP contribution in [0.3, 0.4) is 0 Å². The molecule has 1 saturated heterocycles. The summed E-state index contributed by atoms with van der Waals surface area (Å²) in [5, 5.41) is 3.26. The van der Waals surface area contributed by atoms with Crippen LogP contribution < -0.4 is 5.32 Å². The van der Waals surface area contributed by atoms with Gasteiger partial charge in [-0.15, -0.1) is 12.4 Å². The van der Waals surface area contributed by atoms with Crippen LogP contribution in [0.25, 0.3) is 0 Å². The summed E-state index contributed by atoms with van der Waals surface area (Å²) in [4.78, 5) is 0. The van der Waals surface area contributed by atoms with Crippen molar-refractivity contribution in [2.24, 2.45) is 0 Å². The number of nitrogens with one attached hydrogen (secondary N) is 1. The second-order valence-corrected chi connectivity index (χ2v) is 3.35. The zero-order valence-corrected chi connectivity index (χ0v) is 6.96. The summed E-state index contributed by atoms with van der Waals surface area (Å²) in [6.45, 7) is 2.45. The lowest BCUT2D eigenvalue weighted by molar-refractivity contribution is 0.860. The van der Waals surface area contributed by atoms with Crippen molar-refractivity contribution in [1.82, 2.24) is 5.32 Å². The highest BCUT2D eigenvalue weighted by molar-refractivity contribution is 14.1. The van der Waals surface area contributed by atoms with E-state index in [2.05, 4.69) is 27.9 Å². The Hall–Kier alpha value is 0.980. The van der Waals surface area contributed by atoms with Crippen molar-refractivity contribution in [3.8, 4) is 0 Å².